The number of nitriles is 1. The second kappa shape index (κ2) is 4.42. The summed E-state index contributed by atoms with van der Waals surface area (Å²) in [6.07, 6.45) is -0.126. The van der Waals surface area contributed by atoms with Crippen LogP contribution in [-0.2, 0) is 0 Å². The molecule has 1 aromatic rings. The van der Waals surface area contributed by atoms with E-state index in [1.807, 2.05) is 6.07 Å². The van der Waals surface area contributed by atoms with Crippen molar-refractivity contribution in [2.75, 3.05) is 0 Å². The van der Waals surface area contributed by atoms with Gasteiger partial charge in [-0.2, -0.15) is 5.26 Å². The molecule has 0 aromatic heterocycles. The number of hydrogen-bond acceptors (Lipinski definition) is 4. The number of nitrogens with zero attached hydrogens (tertiary/aromatic N) is 2. The Morgan fingerprint density at radius 2 is 2.20 bits per heavy atom. The van der Waals surface area contributed by atoms with Crippen LogP contribution in [0.1, 0.15) is 19.4 Å². The van der Waals surface area contributed by atoms with Gasteiger partial charge in [0.1, 0.15) is 11.8 Å². The van der Waals surface area contributed by atoms with Gasteiger partial charge >= 0.3 is 0 Å². The van der Waals surface area contributed by atoms with Crippen LogP contribution in [0, 0.1) is 21.4 Å². The molecule has 78 valence electrons. The smallest absolute Gasteiger partial charge is 0.273 e. The summed E-state index contributed by atoms with van der Waals surface area (Å²) in [7, 11) is 0. The number of benzene rings is 1. The molecule has 0 atom stereocenters. The van der Waals surface area contributed by atoms with Crippen LogP contribution in [0.25, 0.3) is 0 Å². The van der Waals surface area contributed by atoms with Crippen molar-refractivity contribution in [3.05, 3.63) is 33.9 Å². The minimum atomic E-state index is -0.520. The van der Waals surface area contributed by atoms with E-state index in [1.54, 1.807) is 13.8 Å². The molecule has 0 aliphatic heterocycles. The summed E-state index contributed by atoms with van der Waals surface area (Å²) in [6.45, 7) is 3.58. The minimum Gasteiger partial charge on any atom is -0.489 e. The van der Waals surface area contributed by atoms with E-state index in [9.17, 15) is 10.1 Å². The van der Waals surface area contributed by atoms with Gasteiger partial charge in [-0.1, -0.05) is 0 Å². The van der Waals surface area contributed by atoms with Crippen molar-refractivity contribution in [3.8, 4) is 11.8 Å². The Labute approximate surface area is 87.1 Å². The predicted molar refractivity (Wildman–Crippen MR) is 53.6 cm³/mol. The van der Waals surface area contributed by atoms with Crippen molar-refractivity contribution in [3.63, 3.8) is 0 Å². The Balaban J connectivity index is 3.14. The first-order chi connectivity index (χ1) is 7.04. The Kier molecular flexibility index (Phi) is 3.24. The van der Waals surface area contributed by atoms with Crippen molar-refractivity contribution >= 4 is 5.69 Å². The minimum absolute atomic E-state index is 0.0790. The highest BCUT2D eigenvalue weighted by Gasteiger charge is 2.12. The number of hydrogen-bond donors (Lipinski definition) is 0. The van der Waals surface area contributed by atoms with Gasteiger partial charge < -0.3 is 4.74 Å². The molecule has 1 rings (SSSR count). The lowest BCUT2D eigenvalue weighted by Crippen LogP contribution is -2.07. The predicted octanol–water partition coefficient (Wildman–Crippen LogP) is 2.25. The molecule has 0 heterocycles. The number of nitro benzene ring substituents is 1. The fourth-order valence-corrected chi connectivity index (χ4v) is 1.07. The van der Waals surface area contributed by atoms with Gasteiger partial charge in [0, 0.05) is 6.07 Å². The maximum Gasteiger partial charge on any atom is 0.273 e. The summed E-state index contributed by atoms with van der Waals surface area (Å²) >= 11 is 0. The van der Waals surface area contributed by atoms with Gasteiger partial charge in [0.25, 0.3) is 5.69 Å². The first kappa shape index (κ1) is 11.0. The molecule has 5 heteroatoms. The quantitative estimate of drug-likeness (QED) is 0.561. The fraction of sp³-hybridized carbons (Fsp3) is 0.300. The summed E-state index contributed by atoms with van der Waals surface area (Å²) in [5.74, 6) is 0.252. The zero-order chi connectivity index (χ0) is 11.4. The molecule has 0 fully saturated rings. The third kappa shape index (κ3) is 2.68. The SMILES string of the molecule is CC(C)Oc1cc([N+](=O)[O-])ccc1C#N. The van der Waals surface area contributed by atoms with Gasteiger partial charge in [-0.05, 0) is 19.9 Å². The highest BCUT2D eigenvalue weighted by atomic mass is 16.6. The van der Waals surface area contributed by atoms with E-state index in [4.69, 9.17) is 10.00 Å². The summed E-state index contributed by atoms with van der Waals surface area (Å²) in [6, 6.07) is 5.85. The lowest BCUT2D eigenvalue weighted by Gasteiger charge is -2.10. The van der Waals surface area contributed by atoms with E-state index in [2.05, 4.69) is 0 Å². The van der Waals surface area contributed by atoms with Gasteiger partial charge in [0.2, 0.25) is 0 Å². The van der Waals surface area contributed by atoms with E-state index in [0.717, 1.165) is 0 Å². The third-order valence-corrected chi connectivity index (χ3v) is 1.66. The average Bonchev–Trinajstić information content (AvgIpc) is 2.16. The van der Waals surface area contributed by atoms with Crippen LogP contribution in [0.4, 0.5) is 5.69 Å². The molecule has 0 saturated carbocycles. The molecule has 0 aliphatic carbocycles. The molecule has 0 radical (unpaired) electrons. The molecule has 0 unspecified atom stereocenters. The van der Waals surface area contributed by atoms with Crippen molar-refractivity contribution < 1.29 is 9.66 Å². The van der Waals surface area contributed by atoms with E-state index in [0.29, 0.717) is 5.56 Å². The van der Waals surface area contributed by atoms with E-state index >= 15 is 0 Å². The van der Waals surface area contributed by atoms with E-state index in [-0.39, 0.29) is 17.5 Å². The van der Waals surface area contributed by atoms with Crippen LogP contribution in [0.3, 0.4) is 0 Å². The van der Waals surface area contributed by atoms with Crippen molar-refractivity contribution in [2.45, 2.75) is 20.0 Å². The summed E-state index contributed by atoms with van der Waals surface area (Å²) in [5.41, 5.74) is 0.221. The van der Waals surface area contributed by atoms with Crippen molar-refractivity contribution in [1.29, 1.82) is 5.26 Å². The molecule has 15 heavy (non-hydrogen) atoms. The van der Waals surface area contributed by atoms with Crippen LogP contribution in [0.5, 0.6) is 5.75 Å². The highest BCUT2D eigenvalue weighted by molar-refractivity contribution is 5.50. The van der Waals surface area contributed by atoms with E-state index < -0.39 is 4.92 Å². The number of rotatable bonds is 3. The van der Waals surface area contributed by atoms with Gasteiger partial charge in [0.15, 0.2) is 0 Å². The monoisotopic (exact) mass is 206 g/mol. The molecule has 1 aromatic carbocycles. The Hall–Kier alpha value is -2.09. The number of ether oxygens (including phenoxy) is 1. The van der Waals surface area contributed by atoms with Crippen molar-refractivity contribution in [2.24, 2.45) is 0 Å². The highest BCUT2D eigenvalue weighted by Crippen LogP contribution is 2.24. The molecule has 0 N–H and O–H groups in total. The number of nitro groups is 1. The third-order valence-electron chi connectivity index (χ3n) is 1.66. The Morgan fingerprint density at radius 1 is 1.53 bits per heavy atom. The van der Waals surface area contributed by atoms with Crippen LogP contribution in [0.2, 0.25) is 0 Å². The van der Waals surface area contributed by atoms with Crippen molar-refractivity contribution in [1.82, 2.24) is 0 Å². The largest absolute Gasteiger partial charge is 0.489 e. The first-order valence-electron chi connectivity index (χ1n) is 4.39. The zero-order valence-electron chi connectivity index (χ0n) is 8.43. The first-order valence-corrected chi connectivity index (χ1v) is 4.39. The molecule has 0 amide bonds. The lowest BCUT2D eigenvalue weighted by atomic mass is 10.2. The summed E-state index contributed by atoms with van der Waals surface area (Å²) in [5, 5.41) is 19.3. The van der Waals surface area contributed by atoms with Gasteiger partial charge in [0.05, 0.1) is 22.7 Å². The fourth-order valence-electron chi connectivity index (χ4n) is 1.07. The van der Waals surface area contributed by atoms with Crippen LogP contribution < -0.4 is 4.74 Å². The molecular formula is C10H10N2O3. The maximum atomic E-state index is 10.5. The molecule has 0 bridgehead atoms. The van der Waals surface area contributed by atoms with E-state index in [1.165, 1.54) is 18.2 Å². The number of non-ortho nitro benzene ring substituents is 1. The van der Waals surface area contributed by atoms with Crippen LogP contribution in [-0.4, -0.2) is 11.0 Å². The molecule has 0 aliphatic rings. The van der Waals surface area contributed by atoms with Gasteiger partial charge in [-0.15, -0.1) is 0 Å². The molecule has 0 saturated heterocycles. The molecular weight excluding hydrogens is 196 g/mol. The molecule has 5 nitrogen and oxygen atoms in total. The van der Waals surface area contributed by atoms with Crippen LogP contribution >= 0.6 is 0 Å². The normalized spacial score (nSPS) is 9.73. The average molecular weight is 206 g/mol. The summed E-state index contributed by atoms with van der Waals surface area (Å²) < 4.78 is 5.30. The topological polar surface area (TPSA) is 76.2 Å². The summed E-state index contributed by atoms with van der Waals surface area (Å²) in [4.78, 5) is 9.99. The molecule has 0 spiro atoms. The maximum absolute atomic E-state index is 10.5. The second-order valence-electron chi connectivity index (χ2n) is 3.22. The Morgan fingerprint density at radius 3 is 2.67 bits per heavy atom. The zero-order valence-corrected chi connectivity index (χ0v) is 8.43. The Bertz CT molecular complexity index is 421. The lowest BCUT2D eigenvalue weighted by molar-refractivity contribution is -0.384. The van der Waals surface area contributed by atoms with Gasteiger partial charge in [-0.3, -0.25) is 10.1 Å². The standard InChI is InChI=1S/C10H10N2O3/c1-7(2)15-10-5-9(12(13)14)4-3-8(10)6-11/h3-5,7H,1-2H3. The van der Waals surface area contributed by atoms with Gasteiger partial charge in [-0.25, -0.2) is 0 Å². The van der Waals surface area contributed by atoms with Crippen LogP contribution in [0.15, 0.2) is 18.2 Å². The second-order valence-corrected chi connectivity index (χ2v) is 3.22.